The molecule has 0 fully saturated rings. The van der Waals surface area contributed by atoms with Crippen LogP contribution >= 0.6 is 11.8 Å². The lowest BCUT2D eigenvalue weighted by molar-refractivity contribution is -0.109. The molecule has 0 atom stereocenters. The van der Waals surface area contributed by atoms with Crippen LogP contribution in [0.1, 0.15) is 5.56 Å². The number of nitrogens with one attached hydrogen (secondary N) is 2. The molecule has 2 aromatic rings. The number of carbonyl (C=O) groups is 1. The highest BCUT2D eigenvalue weighted by Gasteiger charge is 2.17. The van der Waals surface area contributed by atoms with E-state index in [1.165, 1.54) is 0 Å². The topological polar surface area (TPSA) is 66.9 Å². The van der Waals surface area contributed by atoms with Gasteiger partial charge in [-0.3, -0.25) is 4.79 Å². The number of hydrogen-bond donors (Lipinski definition) is 2. The van der Waals surface area contributed by atoms with Crippen LogP contribution in [-0.4, -0.2) is 16.4 Å². The summed E-state index contributed by atoms with van der Waals surface area (Å²) in [4.78, 5) is 19.9. The Morgan fingerprint density at radius 1 is 1.33 bits per heavy atom. The van der Waals surface area contributed by atoms with Gasteiger partial charge >= 0.3 is 0 Å². The molecule has 0 aliphatic carbocycles. The molecule has 0 spiro atoms. The van der Waals surface area contributed by atoms with Gasteiger partial charge in [-0.05, 0) is 17.7 Å². The van der Waals surface area contributed by atoms with Gasteiger partial charge in [0.05, 0.1) is 5.69 Å². The van der Waals surface area contributed by atoms with Gasteiger partial charge in [0.1, 0.15) is 5.03 Å². The molecule has 2 N–H and O–H groups in total. The maximum atomic E-state index is 10.3. The van der Waals surface area contributed by atoms with Gasteiger partial charge in [0.2, 0.25) is 6.41 Å². The Balaban J connectivity index is 1.91. The molecule has 0 saturated carbocycles. The van der Waals surface area contributed by atoms with Crippen LogP contribution in [0.15, 0.2) is 40.5 Å². The Morgan fingerprint density at radius 2 is 2.22 bits per heavy atom. The molecule has 1 aliphatic heterocycles. The van der Waals surface area contributed by atoms with Crippen molar-refractivity contribution in [3.63, 3.8) is 0 Å². The number of hydrogen-bond acceptors (Lipinski definition) is 5. The number of nitrogens with zero attached hydrogens (tertiary/aromatic N) is 2. The SMILES string of the molecule is O=CNCc1ccc2c(c1)Nc1nccnc1S2. The highest BCUT2D eigenvalue weighted by Crippen LogP contribution is 2.41. The van der Waals surface area contributed by atoms with Crippen molar-refractivity contribution in [1.82, 2.24) is 15.3 Å². The van der Waals surface area contributed by atoms with Crippen molar-refractivity contribution >= 4 is 29.7 Å². The third kappa shape index (κ3) is 2.02. The van der Waals surface area contributed by atoms with Crippen molar-refractivity contribution in [1.29, 1.82) is 0 Å². The van der Waals surface area contributed by atoms with E-state index in [0.29, 0.717) is 13.0 Å². The second-order valence-corrected chi connectivity index (χ2v) is 4.80. The van der Waals surface area contributed by atoms with E-state index >= 15 is 0 Å². The van der Waals surface area contributed by atoms with Crippen LogP contribution in [0.3, 0.4) is 0 Å². The average molecular weight is 258 g/mol. The average Bonchev–Trinajstić information content (AvgIpc) is 2.42. The molecule has 3 rings (SSSR count). The van der Waals surface area contributed by atoms with E-state index in [1.54, 1.807) is 24.2 Å². The predicted molar refractivity (Wildman–Crippen MR) is 68.8 cm³/mol. The number of amides is 1. The predicted octanol–water partition coefficient (Wildman–Crippen LogP) is 1.93. The molecule has 1 aromatic heterocycles. The Morgan fingerprint density at radius 3 is 3.11 bits per heavy atom. The molecule has 0 unspecified atom stereocenters. The third-order valence-electron chi connectivity index (χ3n) is 2.56. The normalized spacial score (nSPS) is 12.0. The fourth-order valence-corrected chi connectivity index (χ4v) is 2.63. The molecule has 6 heteroatoms. The summed E-state index contributed by atoms with van der Waals surface area (Å²) in [6.07, 6.45) is 4.04. The van der Waals surface area contributed by atoms with Crippen LogP contribution in [0.4, 0.5) is 11.5 Å². The van der Waals surface area contributed by atoms with Gasteiger partial charge < -0.3 is 10.6 Å². The summed E-state index contributed by atoms with van der Waals surface area (Å²) in [5.74, 6) is 0.774. The number of fused-ring (bicyclic) bond motifs is 2. The van der Waals surface area contributed by atoms with Crippen molar-refractivity contribution in [3.05, 3.63) is 36.2 Å². The molecule has 1 aliphatic rings. The molecule has 0 radical (unpaired) electrons. The molecule has 1 amide bonds. The van der Waals surface area contributed by atoms with Crippen molar-refractivity contribution in [3.8, 4) is 0 Å². The summed E-state index contributed by atoms with van der Waals surface area (Å²) < 4.78 is 0. The van der Waals surface area contributed by atoms with Gasteiger partial charge in [-0.15, -0.1) is 0 Å². The van der Waals surface area contributed by atoms with Gasteiger partial charge in [0, 0.05) is 23.8 Å². The molecule has 0 bridgehead atoms. The molecular weight excluding hydrogens is 248 g/mol. The van der Waals surface area contributed by atoms with Crippen LogP contribution in [-0.2, 0) is 11.3 Å². The first-order valence-corrected chi connectivity index (χ1v) is 6.24. The lowest BCUT2D eigenvalue weighted by atomic mass is 10.2. The minimum Gasteiger partial charge on any atom is -0.355 e. The van der Waals surface area contributed by atoms with Gasteiger partial charge in [-0.25, -0.2) is 9.97 Å². The highest BCUT2D eigenvalue weighted by atomic mass is 32.2. The van der Waals surface area contributed by atoms with E-state index in [1.807, 2.05) is 18.2 Å². The Kier molecular flexibility index (Phi) is 2.85. The number of anilines is 2. The summed E-state index contributed by atoms with van der Waals surface area (Å²) in [5.41, 5.74) is 2.04. The number of benzene rings is 1. The number of carbonyl (C=O) groups excluding carboxylic acids is 1. The van der Waals surface area contributed by atoms with Crippen molar-refractivity contribution in [2.45, 2.75) is 16.5 Å². The van der Waals surface area contributed by atoms with E-state index < -0.39 is 0 Å². The minimum atomic E-state index is 0.524. The first-order chi connectivity index (χ1) is 8.86. The van der Waals surface area contributed by atoms with Crippen LogP contribution in [0.25, 0.3) is 0 Å². The Hall–Kier alpha value is -2.08. The first kappa shape index (κ1) is 11.0. The fraction of sp³-hybridized carbons (Fsp3) is 0.0833. The lowest BCUT2D eigenvalue weighted by Crippen LogP contribution is -2.10. The molecule has 90 valence electrons. The molecule has 5 nitrogen and oxygen atoms in total. The van der Waals surface area contributed by atoms with Gasteiger partial charge in [0.15, 0.2) is 5.82 Å². The zero-order valence-corrected chi connectivity index (χ0v) is 10.2. The van der Waals surface area contributed by atoms with Crippen LogP contribution in [0.5, 0.6) is 0 Å². The summed E-state index contributed by atoms with van der Waals surface area (Å²) in [5, 5.41) is 6.77. The summed E-state index contributed by atoms with van der Waals surface area (Å²) >= 11 is 1.59. The summed E-state index contributed by atoms with van der Waals surface area (Å²) in [7, 11) is 0. The van der Waals surface area contributed by atoms with E-state index in [9.17, 15) is 4.79 Å². The quantitative estimate of drug-likeness (QED) is 0.703. The maximum absolute atomic E-state index is 10.3. The first-order valence-electron chi connectivity index (χ1n) is 5.42. The smallest absolute Gasteiger partial charge is 0.207 e. The standard InChI is InChI=1S/C12H10N4OS/c17-7-13-6-8-1-2-10-9(5-8)16-11-12(18-10)15-4-3-14-11/h1-5,7H,6H2,(H,13,17)(H,14,16). The minimum absolute atomic E-state index is 0.524. The lowest BCUT2D eigenvalue weighted by Gasteiger charge is -2.19. The van der Waals surface area contributed by atoms with E-state index in [4.69, 9.17) is 0 Å². The van der Waals surface area contributed by atoms with Crippen LogP contribution in [0, 0.1) is 0 Å². The van der Waals surface area contributed by atoms with Crippen molar-refractivity contribution < 1.29 is 4.79 Å². The van der Waals surface area contributed by atoms with E-state index in [0.717, 1.165) is 27.0 Å². The van der Waals surface area contributed by atoms with Crippen molar-refractivity contribution in [2.75, 3.05) is 5.32 Å². The van der Waals surface area contributed by atoms with Gasteiger partial charge in [-0.1, -0.05) is 17.8 Å². The molecule has 0 saturated heterocycles. The highest BCUT2D eigenvalue weighted by molar-refractivity contribution is 7.99. The third-order valence-corrected chi connectivity index (χ3v) is 3.63. The Bertz CT molecular complexity index is 602. The summed E-state index contributed by atoms with van der Waals surface area (Å²) in [6.45, 7) is 0.524. The number of rotatable bonds is 3. The largest absolute Gasteiger partial charge is 0.355 e. The van der Waals surface area contributed by atoms with E-state index in [-0.39, 0.29) is 0 Å². The second kappa shape index (κ2) is 4.66. The molecule has 2 heterocycles. The zero-order valence-electron chi connectivity index (χ0n) is 9.38. The monoisotopic (exact) mass is 258 g/mol. The molecule has 1 aromatic carbocycles. The maximum Gasteiger partial charge on any atom is 0.207 e. The fourth-order valence-electron chi connectivity index (χ4n) is 1.75. The molecule has 18 heavy (non-hydrogen) atoms. The van der Waals surface area contributed by atoms with Crippen molar-refractivity contribution in [2.24, 2.45) is 0 Å². The van der Waals surface area contributed by atoms with Crippen LogP contribution in [0.2, 0.25) is 0 Å². The van der Waals surface area contributed by atoms with Gasteiger partial charge in [-0.2, -0.15) is 0 Å². The number of aromatic nitrogens is 2. The second-order valence-electron chi connectivity index (χ2n) is 3.77. The van der Waals surface area contributed by atoms with Gasteiger partial charge in [0.25, 0.3) is 0 Å². The Labute approximate surface area is 108 Å². The summed E-state index contributed by atoms with van der Waals surface area (Å²) in [6, 6.07) is 6.02. The zero-order chi connectivity index (χ0) is 12.4. The van der Waals surface area contributed by atoms with Crippen LogP contribution < -0.4 is 10.6 Å². The molecular formula is C12H10N4OS. The van der Waals surface area contributed by atoms with E-state index in [2.05, 4.69) is 20.6 Å².